The largest absolute Gasteiger partial charge is 0.491 e. The van der Waals surface area contributed by atoms with Crippen LogP contribution in [-0.4, -0.2) is 83.5 Å². The summed E-state index contributed by atoms with van der Waals surface area (Å²) >= 11 is 0. The zero-order valence-corrected chi connectivity index (χ0v) is 20.1. The fourth-order valence-corrected chi connectivity index (χ4v) is 3.90. The van der Waals surface area contributed by atoms with Gasteiger partial charge in [0, 0.05) is 58.2 Å². The Morgan fingerprint density at radius 3 is 2.62 bits per heavy atom. The lowest BCUT2D eigenvalue weighted by molar-refractivity contribution is -0.114. The number of carbonyl (C=O) groups is 3. The van der Waals surface area contributed by atoms with Crippen LogP contribution in [0.3, 0.4) is 0 Å². The Balaban J connectivity index is 1.99. The summed E-state index contributed by atoms with van der Waals surface area (Å²) in [6.07, 6.45) is 4.12. The van der Waals surface area contributed by atoms with Crippen LogP contribution in [0.15, 0.2) is 36.8 Å². The topological polar surface area (TPSA) is 114 Å². The number of aromatic nitrogens is 2. The zero-order valence-electron chi connectivity index (χ0n) is 20.1. The number of ether oxygens (including phenoxy) is 2. The van der Waals surface area contributed by atoms with E-state index in [0.29, 0.717) is 30.1 Å². The summed E-state index contributed by atoms with van der Waals surface area (Å²) < 4.78 is 11.7. The molecule has 0 spiro atoms. The smallest absolute Gasteiger partial charge is 0.274 e. The predicted molar refractivity (Wildman–Crippen MR) is 126 cm³/mol. The minimum atomic E-state index is -0.329. The van der Waals surface area contributed by atoms with Crippen molar-refractivity contribution in [3.8, 4) is 5.75 Å². The molecule has 0 radical (unpaired) electrons. The first-order valence-corrected chi connectivity index (χ1v) is 11.1. The first kappa shape index (κ1) is 25.1. The fourth-order valence-electron chi connectivity index (χ4n) is 3.90. The van der Waals surface area contributed by atoms with E-state index in [2.05, 4.69) is 15.3 Å². The Bertz CT molecular complexity index is 1030. The van der Waals surface area contributed by atoms with E-state index < -0.39 is 0 Å². The van der Waals surface area contributed by atoms with Crippen LogP contribution in [-0.2, 0) is 9.53 Å². The Hall–Kier alpha value is -3.53. The van der Waals surface area contributed by atoms with Crippen molar-refractivity contribution < 1.29 is 23.9 Å². The molecule has 0 aliphatic carbocycles. The van der Waals surface area contributed by atoms with Crippen LogP contribution in [0.4, 0.5) is 5.69 Å². The van der Waals surface area contributed by atoms with Gasteiger partial charge in [-0.2, -0.15) is 0 Å². The van der Waals surface area contributed by atoms with Gasteiger partial charge in [0.2, 0.25) is 5.91 Å². The molecule has 10 nitrogen and oxygen atoms in total. The van der Waals surface area contributed by atoms with E-state index in [1.807, 2.05) is 13.8 Å². The van der Waals surface area contributed by atoms with Crippen molar-refractivity contribution in [3.05, 3.63) is 48.0 Å². The van der Waals surface area contributed by atoms with E-state index in [1.54, 1.807) is 42.2 Å². The summed E-state index contributed by atoms with van der Waals surface area (Å²) in [5, 5.41) is 2.70. The Morgan fingerprint density at radius 1 is 1.21 bits per heavy atom. The molecule has 182 valence electrons. The van der Waals surface area contributed by atoms with Gasteiger partial charge < -0.3 is 24.6 Å². The molecule has 34 heavy (non-hydrogen) atoms. The summed E-state index contributed by atoms with van der Waals surface area (Å²) in [5.41, 5.74) is 1.05. The standard InChI is InChI=1S/C24H31N5O5/c1-15-12-29(24(32)20-11-25-8-9-26-20)16(2)14-34-21-7-6-18(27-17(3)30)10-19(21)23(31)28(4)13-22(15)33-5/h6-11,15-16,22H,12-14H2,1-5H3,(H,27,30)/t15-,16-,22-/m1/s1. The summed E-state index contributed by atoms with van der Waals surface area (Å²) in [6, 6.07) is 4.59. The van der Waals surface area contributed by atoms with E-state index in [4.69, 9.17) is 9.47 Å². The quantitative estimate of drug-likeness (QED) is 0.732. The van der Waals surface area contributed by atoms with E-state index in [1.165, 1.54) is 25.5 Å². The molecule has 0 bridgehead atoms. The third kappa shape index (κ3) is 5.88. The van der Waals surface area contributed by atoms with Gasteiger partial charge in [0.15, 0.2) is 0 Å². The van der Waals surface area contributed by atoms with Crippen LogP contribution < -0.4 is 10.1 Å². The van der Waals surface area contributed by atoms with Crippen LogP contribution in [0, 0.1) is 5.92 Å². The number of carbonyl (C=O) groups excluding carboxylic acids is 3. The van der Waals surface area contributed by atoms with Crippen molar-refractivity contribution in [2.45, 2.75) is 32.9 Å². The highest BCUT2D eigenvalue weighted by Gasteiger charge is 2.31. The van der Waals surface area contributed by atoms with Crippen LogP contribution in [0.5, 0.6) is 5.75 Å². The van der Waals surface area contributed by atoms with Crippen molar-refractivity contribution in [2.75, 3.05) is 39.2 Å². The van der Waals surface area contributed by atoms with Gasteiger partial charge in [0.1, 0.15) is 18.1 Å². The normalized spacial score (nSPS) is 21.6. The van der Waals surface area contributed by atoms with E-state index in [-0.39, 0.29) is 48.1 Å². The number of rotatable bonds is 3. The summed E-state index contributed by atoms with van der Waals surface area (Å²) in [4.78, 5) is 49.5. The van der Waals surface area contributed by atoms with Gasteiger partial charge in [-0.25, -0.2) is 4.98 Å². The summed E-state index contributed by atoms with van der Waals surface area (Å²) in [6.45, 7) is 6.11. The molecule has 0 saturated heterocycles. The Kier molecular flexibility index (Phi) is 8.17. The molecular weight excluding hydrogens is 438 g/mol. The fraction of sp³-hybridized carbons (Fsp3) is 0.458. The molecule has 1 aliphatic heterocycles. The molecule has 2 heterocycles. The van der Waals surface area contributed by atoms with Crippen LogP contribution in [0.2, 0.25) is 0 Å². The number of methoxy groups -OCH3 is 1. The second-order valence-electron chi connectivity index (χ2n) is 8.54. The van der Waals surface area contributed by atoms with Crippen LogP contribution in [0.1, 0.15) is 41.6 Å². The van der Waals surface area contributed by atoms with Crippen LogP contribution >= 0.6 is 0 Å². The highest BCUT2D eigenvalue weighted by molar-refractivity contribution is 5.99. The van der Waals surface area contributed by atoms with Crippen molar-refractivity contribution in [3.63, 3.8) is 0 Å². The van der Waals surface area contributed by atoms with Gasteiger partial charge in [-0.1, -0.05) is 6.92 Å². The third-order valence-electron chi connectivity index (χ3n) is 5.81. The van der Waals surface area contributed by atoms with Crippen molar-refractivity contribution in [2.24, 2.45) is 5.92 Å². The third-order valence-corrected chi connectivity index (χ3v) is 5.81. The van der Waals surface area contributed by atoms with E-state index in [0.717, 1.165) is 0 Å². The molecule has 0 saturated carbocycles. The molecule has 1 N–H and O–H groups in total. The minimum Gasteiger partial charge on any atom is -0.491 e. The number of amides is 3. The van der Waals surface area contributed by atoms with Crippen LogP contribution in [0.25, 0.3) is 0 Å². The Morgan fingerprint density at radius 2 is 1.97 bits per heavy atom. The predicted octanol–water partition coefficient (Wildman–Crippen LogP) is 2.08. The summed E-state index contributed by atoms with van der Waals surface area (Å²) in [7, 11) is 3.28. The highest BCUT2D eigenvalue weighted by atomic mass is 16.5. The average Bonchev–Trinajstić information content (AvgIpc) is 2.83. The lowest BCUT2D eigenvalue weighted by atomic mass is 10.0. The molecule has 1 aromatic carbocycles. The molecule has 3 atom stereocenters. The molecule has 0 fully saturated rings. The monoisotopic (exact) mass is 469 g/mol. The number of hydrogen-bond acceptors (Lipinski definition) is 7. The number of nitrogens with zero attached hydrogens (tertiary/aromatic N) is 4. The van der Waals surface area contributed by atoms with Gasteiger partial charge in [0.05, 0.1) is 23.9 Å². The molecule has 3 amide bonds. The number of nitrogens with one attached hydrogen (secondary N) is 1. The van der Waals surface area contributed by atoms with Gasteiger partial charge in [0.25, 0.3) is 11.8 Å². The lowest BCUT2D eigenvalue weighted by Gasteiger charge is -2.35. The molecule has 3 rings (SSSR count). The minimum absolute atomic E-state index is 0.0899. The average molecular weight is 470 g/mol. The lowest BCUT2D eigenvalue weighted by Crippen LogP contribution is -2.48. The van der Waals surface area contributed by atoms with E-state index in [9.17, 15) is 14.4 Å². The maximum absolute atomic E-state index is 13.3. The maximum Gasteiger partial charge on any atom is 0.274 e. The molecule has 2 aromatic rings. The number of benzene rings is 1. The van der Waals surface area contributed by atoms with Gasteiger partial charge in [-0.15, -0.1) is 0 Å². The number of likely N-dealkylation sites (N-methyl/N-ethyl adjacent to an activating group) is 1. The second kappa shape index (κ2) is 11.1. The molecule has 10 heteroatoms. The van der Waals surface area contributed by atoms with Gasteiger partial charge >= 0.3 is 0 Å². The van der Waals surface area contributed by atoms with E-state index >= 15 is 0 Å². The molecule has 1 aliphatic rings. The van der Waals surface area contributed by atoms with Crippen molar-refractivity contribution in [1.82, 2.24) is 19.8 Å². The number of anilines is 1. The molecule has 1 aromatic heterocycles. The number of hydrogen-bond donors (Lipinski definition) is 1. The highest BCUT2D eigenvalue weighted by Crippen LogP contribution is 2.26. The first-order chi connectivity index (χ1) is 16.2. The Labute approximate surface area is 199 Å². The SMILES string of the molecule is CO[C@@H]1CN(C)C(=O)c2cc(NC(C)=O)ccc2OC[C@@H](C)N(C(=O)c2cnccn2)C[C@H]1C. The molecule has 0 unspecified atom stereocenters. The second-order valence-corrected chi connectivity index (χ2v) is 8.54. The van der Waals surface area contributed by atoms with Crippen molar-refractivity contribution in [1.29, 1.82) is 0 Å². The van der Waals surface area contributed by atoms with Crippen molar-refractivity contribution >= 4 is 23.4 Å². The maximum atomic E-state index is 13.3. The zero-order chi connectivity index (χ0) is 24.8. The number of fused-ring (bicyclic) bond motifs is 1. The van der Waals surface area contributed by atoms with Gasteiger partial charge in [-0.3, -0.25) is 19.4 Å². The first-order valence-electron chi connectivity index (χ1n) is 11.1. The molecular formula is C24H31N5O5. The summed E-state index contributed by atoms with van der Waals surface area (Å²) in [5.74, 6) is -0.471. The van der Waals surface area contributed by atoms with Gasteiger partial charge in [-0.05, 0) is 25.1 Å².